The van der Waals surface area contributed by atoms with Crippen LogP contribution in [0.25, 0.3) is 0 Å². The van der Waals surface area contributed by atoms with Gasteiger partial charge in [0.05, 0.1) is 11.1 Å². The van der Waals surface area contributed by atoms with E-state index >= 15 is 0 Å². The predicted molar refractivity (Wildman–Crippen MR) is 106 cm³/mol. The lowest BCUT2D eigenvalue weighted by Crippen LogP contribution is -2.20. The first-order valence-corrected chi connectivity index (χ1v) is 8.36. The lowest BCUT2D eigenvalue weighted by Gasteiger charge is -2.10. The van der Waals surface area contributed by atoms with Crippen molar-refractivity contribution in [3.63, 3.8) is 0 Å². The summed E-state index contributed by atoms with van der Waals surface area (Å²) in [5, 5.41) is 23.2. The van der Waals surface area contributed by atoms with Crippen LogP contribution >= 0.6 is 0 Å². The molecule has 28 heavy (non-hydrogen) atoms. The third-order valence-corrected chi connectivity index (χ3v) is 3.39. The zero-order valence-corrected chi connectivity index (χ0v) is 15.7. The van der Waals surface area contributed by atoms with Crippen molar-refractivity contribution in [2.24, 2.45) is 5.41 Å². The van der Waals surface area contributed by atoms with Crippen molar-refractivity contribution in [2.45, 2.75) is 20.8 Å². The van der Waals surface area contributed by atoms with Crippen LogP contribution in [0.1, 0.15) is 47.1 Å². The van der Waals surface area contributed by atoms with Gasteiger partial charge < -0.3 is 20.8 Å². The Morgan fingerprint density at radius 2 is 1.43 bits per heavy atom. The summed E-state index contributed by atoms with van der Waals surface area (Å²) in [7, 11) is 0. The first-order chi connectivity index (χ1) is 13.0. The summed E-state index contributed by atoms with van der Waals surface area (Å²) in [5.41, 5.74) is 0.639. The summed E-state index contributed by atoms with van der Waals surface area (Å²) in [5.74, 6) is 3.55. The van der Waals surface area contributed by atoms with Crippen LogP contribution in [0.15, 0.2) is 42.5 Å². The number of carboxylic acid groups (broad SMARTS) is 2. The van der Waals surface area contributed by atoms with Crippen molar-refractivity contribution < 1.29 is 24.6 Å². The van der Waals surface area contributed by atoms with E-state index in [4.69, 9.17) is 10.2 Å². The van der Waals surface area contributed by atoms with Gasteiger partial charge in [-0.1, -0.05) is 17.9 Å². The first kappa shape index (κ1) is 20.5. The summed E-state index contributed by atoms with van der Waals surface area (Å²) in [6.45, 7) is 5.98. The van der Waals surface area contributed by atoms with Gasteiger partial charge in [-0.2, -0.15) is 0 Å². The van der Waals surface area contributed by atoms with Gasteiger partial charge in [0.2, 0.25) is 0 Å². The molecular formula is C21H20N2O5. The lowest BCUT2D eigenvalue weighted by atomic mass is 9.97. The van der Waals surface area contributed by atoms with E-state index in [2.05, 4.69) is 22.5 Å². The molecule has 0 saturated heterocycles. The number of amides is 2. The molecule has 0 aromatic heterocycles. The van der Waals surface area contributed by atoms with Gasteiger partial charge in [-0.25, -0.2) is 14.4 Å². The van der Waals surface area contributed by atoms with Crippen molar-refractivity contribution in [1.82, 2.24) is 0 Å². The van der Waals surface area contributed by atoms with Crippen LogP contribution in [0.3, 0.4) is 0 Å². The van der Waals surface area contributed by atoms with Gasteiger partial charge in [0.15, 0.2) is 0 Å². The molecule has 7 heteroatoms. The van der Waals surface area contributed by atoms with Gasteiger partial charge in [0.1, 0.15) is 0 Å². The zero-order chi connectivity index (χ0) is 20.9. The summed E-state index contributed by atoms with van der Waals surface area (Å²) in [6.07, 6.45) is 0. The number of aromatic carboxylic acids is 2. The minimum Gasteiger partial charge on any atom is -0.478 e. The van der Waals surface area contributed by atoms with Gasteiger partial charge in [0.25, 0.3) is 0 Å². The highest BCUT2D eigenvalue weighted by Crippen LogP contribution is 2.17. The topological polar surface area (TPSA) is 116 Å². The SMILES string of the molecule is CC(C)(C)C#Cc1cccc(NC(=O)Nc2cc(C(=O)O)cc(C(=O)O)c2)c1. The molecule has 2 amide bonds. The Kier molecular flexibility index (Phi) is 6.06. The second-order valence-corrected chi connectivity index (χ2v) is 7.07. The van der Waals surface area contributed by atoms with Crippen molar-refractivity contribution >= 4 is 29.3 Å². The maximum absolute atomic E-state index is 12.2. The number of hydrogen-bond donors (Lipinski definition) is 4. The van der Waals surface area contributed by atoms with Crippen LogP contribution in [0.2, 0.25) is 0 Å². The zero-order valence-electron chi connectivity index (χ0n) is 15.7. The van der Waals surface area contributed by atoms with Gasteiger partial charge >= 0.3 is 18.0 Å². The van der Waals surface area contributed by atoms with Crippen LogP contribution in [0, 0.1) is 17.3 Å². The molecule has 0 bridgehead atoms. The molecular weight excluding hydrogens is 360 g/mol. The highest BCUT2D eigenvalue weighted by molar-refractivity contribution is 6.02. The van der Waals surface area contributed by atoms with Crippen LogP contribution in [-0.2, 0) is 0 Å². The minimum absolute atomic E-state index is 0.0541. The molecule has 0 unspecified atom stereocenters. The van der Waals surface area contributed by atoms with E-state index in [9.17, 15) is 14.4 Å². The molecule has 0 spiro atoms. The van der Waals surface area contributed by atoms with Crippen molar-refractivity contribution in [1.29, 1.82) is 0 Å². The third kappa shape index (κ3) is 6.18. The summed E-state index contributed by atoms with van der Waals surface area (Å²) in [4.78, 5) is 34.5. The van der Waals surface area contributed by atoms with Gasteiger partial charge in [-0.05, 0) is 57.2 Å². The second-order valence-electron chi connectivity index (χ2n) is 7.07. The molecule has 0 saturated carbocycles. The molecule has 0 aliphatic carbocycles. The number of hydrogen-bond acceptors (Lipinski definition) is 3. The van der Waals surface area contributed by atoms with Crippen molar-refractivity contribution in [2.75, 3.05) is 10.6 Å². The fraction of sp³-hybridized carbons (Fsp3) is 0.190. The fourth-order valence-electron chi connectivity index (χ4n) is 2.17. The Bertz CT molecular complexity index is 962. The Labute approximate surface area is 162 Å². The number of urea groups is 1. The number of carbonyl (C=O) groups is 3. The molecule has 0 atom stereocenters. The summed E-state index contributed by atoms with van der Waals surface area (Å²) < 4.78 is 0. The molecule has 0 aliphatic rings. The maximum Gasteiger partial charge on any atom is 0.335 e. The highest BCUT2D eigenvalue weighted by Gasteiger charge is 2.13. The van der Waals surface area contributed by atoms with Crippen molar-refractivity contribution in [3.8, 4) is 11.8 Å². The number of anilines is 2. The molecule has 2 rings (SSSR count). The van der Waals surface area contributed by atoms with Crippen LogP contribution in [0.4, 0.5) is 16.2 Å². The second kappa shape index (κ2) is 8.27. The monoisotopic (exact) mass is 380 g/mol. The lowest BCUT2D eigenvalue weighted by molar-refractivity contribution is 0.0696. The van der Waals surface area contributed by atoms with E-state index in [-0.39, 0.29) is 22.2 Å². The Hall–Kier alpha value is -3.79. The van der Waals surface area contributed by atoms with Crippen LogP contribution in [-0.4, -0.2) is 28.2 Å². The molecule has 0 aliphatic heterocycles. The number of nitrogens with one attached hydrogen (secondary N) is 2. The number of carboxylic acids is 2. The number of carbonyl (C=O) groups excluding carboxylic acids is 1. The maximum atomic E-state index is 12.2. The largest absolute Gasteiger partial charge is 0.478 e. The molecule has 2 aromatic rings. The quantitative estimate of drug-likeness (QED) is 0.595. The highest BCUT2D eigenvalue weighted by atomic mass is 16.4. The molecule has 144 valence electrons. The molecule has 7 nitrogen and oxygen atoms in total. The van der Waals surface area contributed by atoms with Crippen LogP contribution in [0.5, 0.6) is 0 Å². The average Bonchev–Trinajstić information content (AvgIpc) is 2.59. The summed E-state index contributed by atoms with van der Waals surface area (Å²) >= 11 is 0. The van der Waals surface area contributed by atoms with E-state index in [1.807, 2.05) is 26.8 Å². The molecule has 2 aromatic carbocycles. The van der Waals surface area contributed by atoms with E-state index in [0.29, 0.717) is 5.69 Å². The molecule has 0 radical (unpaired) electrons. The third-order valence-electron chi connectivity index (χ3n) is 3.39. The standard InChI is InChI=1S/C21H20N2O5/c1-21(2,3)8-7-13-5-4-6-16(9-13)22-20(28)23-17-11-14(18(24)25)10-15(12-17)19(26)27/h4-6,9-12H,1-3H3,(H,24,25)(H,26,27)(H2,22,23,28). The average molecular weight is 380 g/mol. The van der Waals surface area contributed by atoms with E-state index in [0.717, 1.165) is 11.6 Å². The Morgan fingerprint density at radius 3 is 1.96 bits per heavy atom. The molecule has 4 N–H and O–H groups in total. The number of rotatable bonds is 4. The molecule has 0 heterocycles. The number of benzene rings is 2. The normalized spacial score (nSPS) is 10.4. The summed E-state index contributed by atoms with van der Waals surface area (Å²) in [6, 6.07) is 9.68. The fourth-order valence-corrected chi connectivity index (χ4v) is 2.17. The van der Waals surface area contributed by atoms with Crippen LogP contribution < -0.4 is 10.6 Å². The van der Waals surface area contributed by atoms with Crippen molar-refractivity contribution in [3.05, 3.63) is 59.2 Å². The Morgan fingerprint density at radius 1 is 0.857 bits per heavy atom. The molecule has 0 fully saturated rings. The predicted octanol–water partition coefficient (Wildman–Crippen LogP) is 4.12. The van der Waals surface area contributed by atoms with Gasteiger partial charge in [-0.15, -0.1) is 0 Å². The van der Waals surface area contributed by atoms with E-state index in [1.54, 1.807) is 18.2 Å². The van der Waals surface area contributed by atoms with Gasteiger partial charge in [-0.3, -0.25) is 0 Å². The smallest absolute Gasteiger partial charge is 0.335 e. The minimum atomic E-state index is -1.29. The Balaban J connectivity index is 2.17. The van der Waals surface area contributed by atoms with Gasteiger partial charge in [0, 0.05) is 22.4 Å². The van der Waals surface area contributed by atoms with E-state index < -0.39 is 18.0 Å². The van der Waals surface area contributed by atoms with E-state index in [1.165, 1.54) is 12.1 Å². The first-order valence-electron chi connectivity index (χ1n) is 8.36.